The molecule has 0 unspecified atom stereocenters. The molecular formula is C21H33N3O4. The van der Waals surface area contributed by atoms with E-state index in [4.69, 9.17) is 4.74 Å². The van der Waals surface area contributed by atoms with Crippen LogP contribution in [0.3, 0.4) is 0 Å². The second-order valence-electron chi connectivity index (χ2n) is 6.52. The summed E-state index contributed by atoms with van der Waals surface area (Å²) in [5.41, 5.74) is 2.87. The summed E-state index contributed by atoms with van der Waals surface area (Å²) in [6.07, 6.45) is 3.04. The lowest BCUT2D eigenvalue weighted by atomic mass is 10.1. The van der Waals surface area contributed by atoms with E-state index in [0.717, 1.165) is 11.4 Å². The fraction of sp³-hybridized carbons (Fsp3) is 0.571. The molecule has 28 heavy (non-hydrogen) atoms. The van der Waals surface area contributed by atoms with Crippen molar-refractivity contribution >= 4 is 23.9 Å². The Hall–Kier alpha value is -2.57. The summed E-state index contributed by atoms with van der Waals surface area (Å²) < 4.78 is 7.21. The second kappa shape index (κ2) is 10.7. The van der Waals surface area contributed by atoms with Crippen LogP contribution in [0.25, 0.3) is 6.08 Å². The van der Waals surface area contributed by atoms with E-state index in [1.54, 1.807) is 24.9 Å². The molecule has 0 aromatic carbocycles. The molecule has 0 aliphatic rings. The van der Waals surface area contributed by atoms with Crippen molar-refractivity contribution in [2.45, 2.75) is 48.1 Å². The van der Waals surface area contributed by atoms with Gasteiger partial charge in [-0.3, -0.25) is 9.59 Å². The molecule has 0 saturated heterocycles. The van der Waals surface area contributed by atoms with E-state index in [1.807, 2.05) is 39.2 Å². The molecule has 0 fully saturated rings. The Balaban J connectivity index is 3.09. The Morgan fingerprint density at radius 2 is 1.64 bits per heavy atom. The number of nitrogens with zero attached hydrogens (tertiary/aromatic N) is 3. The lowest BCUT2D eigenvalue weighted by Crippen LogP contribution is -2.40. The van der Waals surface area contributed by atoms with Gasteiger partial charge in [-0.15, -0.1) is 0 Å². The van der Waals surface area contributed by atoms with Crippen LogP contribution in [-0.2, 0) is 20.9 Å². The number of aromatic nitrogens is 1. The standard InChI is InChI=1S/C21H33N3O4/c1-8-23(9-2)19(26)14-22(7)18(25)13-12-17-15(5)24(10-3)16(6)20(17)21(27)28-11-4/h12-13H,8-11,14H2,1-7H3/b13-12+. The molecule has 0 atom stereocenters. The van der Waals surface area contributed by atoms with Crippen molar-refractivity contribution in [3.05, 3.63) is 28.6 Å². The molecule has 7 nitrogen and oxygen atoms in total. The van der Waals surface area contributed by atoms with Gasteiger partial charge in [-0.05, 0) is 47.6 Å². The van der Waals surface area contributed by atoms with Crippen molar-refractivity contribution < 1.29 is 19.1 Å². The van der Waals surface area contributed by atoms with Crippen molar-refractivity contribution in [1.82, 2.24) is 14.4 Å². The van der Waals surface area contributed by atoms with Gasteiger partial charge in [0.25, 0.3) is 0 Å². The van der Waals surface area contributed by atoms with Crippen molar-refractivity contribution in [2.24, 2.45) is 0 Å². The van der Waals surface area contributed by atoms with Crippen LogP contribution >= 0.6 is 0 Å². The third-order valence-corrected chi connectivity index (χ3v) is 4.88. The first-order valence-corrected chi connectivity index (χ1v) is 9.80. The Morgan fingerprint density at radius 3 is 2.14 bits per heavy atom. The monoisotopic (exact) mass is 391 g/mol. The molecule has 0 aliphatic heterocycles. The van der Waals surface area contributed by atoms with E-state index in [1.165, 1.54) is 11.0 Å². The fourth-order valence-corrected chi connectivity index (χ4v) is 3.29. The van der Waals surface area contributed by atoms with Gasteiger partial charge in [-0.25, -0.2) is 4.79 Å². The average molecular weight is 392 g/mol. The number of amides is 2. The van der Waals surface area contributed by atoms with Gasteiger partial charge in [0.1, 0.15) is 0 Å². The van der Waals surface area contributed by atoms with Gasteiger partial charge in [0.15, 0.2) is 0 Å². The van der Waals surface area contributed by atoms with E-state index in [-0.39, 0.29) is 25.0 Å². The van der Waals surface area contributed by atoms with Crippen LogP contribution < -0.4 is 0 Å². The third kappa shape index (κ3) is 5.24. The highest BCUT2D eigenvalue weighted by Gasteiger charge is 2.22. The van der Waals surface area contributed by atoms with Gasteiger partial charge in [0.05, 0.1) is 18.7 Å². The lowest BCUT2D eigenvalue weighted by Gasteiger charge is -2.22. The van der Waals surface area contributed by atoms with Crippen molar-refractivity contribution in [3.63, 3.8) is 0 Å². The van der Waals surface area contributed by atoms with Crippen LogP contribution in [0.2, 0.25) is 0 Å². The summed E-state index contributed by atoms with van der Waals surface area (Å²) in [5.74, 6) is -0.783. The van der Waals surface area contributed by atoms with Crippen LogP contribution in [-0.4, -0.2) is 65.4 Å². The number of carbonyl (C=O) groups is 3. The number of hydrogen-bond acceptors (Lipinski definition) is 4. The number of rotatable bonds is 9. The predicted octanol–water partition coefficient (Wildman–Crippen LogP) is 2.64. The minimum atomic E-state index is -0.396. The fourth-order valence-electron chi connectivity index (χ4n) is 3.29. The predicted molar refractivity (Wildman–Crippen MR) is 110 cm³/mol. The van der Waals surface area contributed by atoms with Crippen LogP contribution in [0.1, 0.15) is 55.0 Å². The summed E-state index contributed by atoms with van der Waals surface area (Å²) in [6, 6.07) is 0. The molecule has 0 aliphatic carbocycles. The zero-order valence-corrected chi connectivity index (χ0v) is 18.2. The number of hydrogen-bond donors (Lipinski definition) is 0. The molecule has 1 rings (SSSR count). The zero-order valence-electron chi connectivity index (χ0n) is 18.2. The molecule has 0 bridgehead atoms. The minimum Gasteiger partial charge on any atom is -0.462 e. The van der Waals surface area contributed by atoms with Gasteiger partial charge in [-0.1, -0.05) is 0 Å². The first kappa shape index (κ1) is 23.5. The van der Waals surface area contributed by atoms with Gasteiger partial charge >= 0.3 is 5.97 Å². The molecule has 7 heteroatoms. The highest BCUT2D eigenvalue weighted by Crippen LogP contribution is 2.25. The third-order valence-electron chi connectivity index (χ3n) is 4.88. The number of carbonyl (C=O) groups excluding carboxylic acids is 3. The molecule has 1 aromatic heterocycles. The topological polar surface area (TPSA) is 71.8 Å². The van der Waals surface area contributed by atoms with Crippen LogP contribution in [0.15, 0.2) is 6.08 Å². The molecule has 0 saturated carbocycles. The minimum absolute atomic E-state index is 0.0174. The van der Waals surface area contributed by atoms with E-state index in [0.29, 0.717) is 30.8 Å². The Kier molecular flexibility index (Phi) is 8.96. The zero-order chi connectivity index (χ0) is 21.4. The molecule has 0 N–H and O–H groups in total. The summed E-state index contributed by atoms with van der Waals surface area (Å²) >= 11 is 0. The molecule has 156 valence electrons. The maximum absolute atomic E-state index is 12.5. The Labute approximate surface area is 167 Å². The molecule has 1 aromatic rings. The molecule has 1 heterocycles. The molecular weight excluding hydrogens is 358 g/mol. The van der Waals surface area contributed by atoms with Crippen molar-refractivity contribution in [1.29, 1.82) is 0 Å². The van der Waals surface area contributed by atoms with Crippen molar-refractivity contribution in [2.75, 3.05) is 33.3 Å². The van der Waals surface area contributed by atoms with E-state index >= 15 is 0 Å². The molecule has 0 radical (unpaired) electrons. The van der Waals surface area contributed by atoms with Crippen LogP contribution in [0.5, 0.6) is 0 Å². The quantitative estimate of drug-likeness (QED) is 0.479. The summed E-state index contributed by atoms with van der Waals surface area (Å²) in [5, 5.41) is 0. The summed E-state index contributed by atoms with van der Waals surface area (Å²) in [7, 11) is 1.59. The first-order chi connectivity index (χ1) is 13.2. The van der Waals surface area contributed by atoms with E-state index in [9.17, 15) is 14.4 Å². The highest BCUT2D eigenvalue weighted by molar-refractivity contribution is 5.99. The lowest BCUT2D eigenvalue weighted by molar-refractivity contribution is -0.136. The largest absolute Gasteiger partial charge is 0.462 e. The first-order valence-electron chi connectivity index (χ1n) is 9.80. The Bertz CT molecular complexity index is 745. The maximum atomic E-state index is 12.5. The maximum Gasteiger partial charge on any atom is 0.340 e. The number of esters is 1. The molecule has 2 amide bonds. The van der Waals surface area contributed by atoms with Gasteiger partial charge in [-0.2, -0.15) is 0 Å². The van der Waals surface area contributed by atoms with Crippen molar-refractivity contribution in [3.8, 4) is 0 Å². The van der Waals surface area contributed by atoms with E-state index < -0.39 is 5.97 Å². The Morgan fingerprint density at radius 1 is 1.04 bits per heavy atom. The van der Waals surface area contributed by atoms with E-state index in [2.05, 4.69) is 0 Å². The van der Waals surface area contributed by atoms with Gasteiger partial charge in [0, 0.05) is 49.7 Å². The average Bonchev–Trinajstić information content (AvgIpc) is 2.89. The summed E-state index contributed by atoms with van der Waals surface area (Å²) in [6.45, 7) is 13.6. The molecule has 0 spiro atoms. The second-order valence-corrected chi connectivity index (χ2v) is 6.52. The van der Waals surface area contributed by atoms with Gasteiger partial charge < -0.3 is 19.1 Å². The van der Waals surface area contributed by atoms with Crippen LogP contribution in [0, 0.1) is 13.8 Å². The normalized spacial score (nSPS) is 11.0. The summed E-state index contributed by atoms with van der Waals surface area (Å²) in [4.78, 5) is 40.1. The smallest absolute Gasteiger partial charge is 0.340 e. The van der Waals surface area contributed by atoms with Crippen LogP contribution in [0.4, 0.5) is 0 Å². The number of likely N-dealkylation sites (N-methyl/N-ethyl adjacent to an activating group) is 2. The number of ether oxygens (including phenoxy) is 1. The highest BCUT2D eigenvalue weighted by atomic mass is 16.5. The van der Waals surface area contributed by atoms with Gasteiger partial charge in [0.2, 0.25) is 11.8 Å². The SMILES string of the molecule is CCOC(=O)c1c(/C=C/C(=O)N(C)CC(=O)N(CC)CC)c(C)n(CC)c1C.